The Morgan fingerprint density at radius 2 is 2.00 bits per heavy atom. The third kappa shape index (κ3) is 3.28. The van der Waals surface area contributed by atoms with Gasteiger partial charge in [-0.2, -0.15) is 5.26 Å². The van der Waals surface area contributed by atoms with Gasteiger partial charge in [0.25, 0.3) is 0 Å². The molecule has 0 spiro atoms. The molecule has 2 rings (SSSR count). The highest BCUT2D eigenvalue weighted by atomic mass is 79.9. The maximum atomic E-state index is 8.43. The van der Waals surface area contributed by atoms with Gasteiger partial charge in [0.15, 0.2) is 0 Å². The minimum Gasteiger partial charge on any atom is -0.353 e. The number of halogens is 1. The molecule has 0 aliphatic rings. The number of nitriles is 1. The van der Waals surface area contributed by atoms with Gasteiger partial charge in [0.1, 0.15) is 0 Å². The summed E-state index contributed by atoms with van der Waals surface area (Å²) in [5.74, 6) is 0.545. The lowest BCUT2D eigenvalue weighted by Gasteiger charge is -2.04. The van der Waals surface area contributed by atoms with E-state index in [9.17, 15) is 0 Å². The van der Waals surface area contributed by atoms with E-state index in [0.717, 1.165) is 15.6 Å². The second-order valence-electron chi connectivity index (χ2n) is 3.64. The molecular weight excluding hydrogens is 292 g/mol. The number of nitrogens with zero attached hydrogens (tertiary/aromatic N) is 3. The Morgan fingerprint density at radius 1 is 1.22 bits per heavy atom. The fraction of sp³-hybridized carbons (Fsp3) is 0.154. The molecule has 1 heterocycles. The van der Waals surface area contributed by atoms with Crippen molar-refractivity contribution in [3.05, 3.63) is 41.1 Å². The Balaban J connectivity index is 2.10. The summed E-state index contributed by atoms with van der Waals surface area (Å²) in [5, 5.41) is 11.4. The fourth-order valence-corrected chi connectivity index (χ4v) is 1.87. The lowest BCUT2D eigenvalue weighted by atomic mass is 10.1. The molecule has 0 atom stereocenters. The molecule has 0 aliphatic heterocycles. The zero-order valence-corrected chi connectivity index (χ0v) is 11.2. The molecule has 5 heteroatoms. The molecule has 2 aromatic rings. The van der Waals surface area contributed by atoms with E-state index >= 15 is 0 Å². The standard InChI is InChI=1S/C13H11BrN4/c14-12-4-1-3-10(7-12)11-8-17-13(18-9-11)16-6-2-5-15/h1,3-4,7-9H,2,6H2,(H,16,17,18). The van der Waals surface area contributed by atoms with Crippen LogP contribution in [0.1, 0.15) is 6.42 Å². The van der Waals surface area contributed by atoms with E-state index in [4.69, 9.17) is 5.26 Å². The van der Waals surface area contributed by atoms with Crippen molar-refractivity contribution in [1.82, 2.24) is 9.97 Å². The molecule has 0 saturated heterocycles. The minimum atomic E-state index is 0.441. The molecule has 1 aromatic carbocycles. The molecule has 0 radical (unpaired) electrons. The SMILES string of the molecule is N#CCCNc1ncc(-c2cccc(Br)c2)cn1. The molecule has 0 amide bonds. The van der Waals surface area contributed by atoms with E-state index in [2.05, 4.69) is 37.3 Å². The monoisotopic (exact) mass is 302 g/mol. The maximum absolute atomic E-state index is 8.43. The van der Waals surface area contributed by atoms with E-state index in [-0.39, 0.29) is 0 Å². The van der Waals surface area contributed by atoms with Crippen LogP contribution in [0.15, 0.2) is 41.1 Å². The Labute approximate surface area is 114 Å². The molecule has 18 heavy (non-hydrogen) atoms. The number of hydrogen-bond donors (Lipinski definition) is 1. The Hall–Kier alpha value is -1.93. The summed E-state index contributed by atoms with van der Waals surface area (Å²) in [4.78, 5) is 8.42. The van der Waals surface area contributed by atoms with Crippen LogP contribution in [0.5, 0.6) is 0 Å². The van der Waals surface area contributed by atoms with E-state index in [1.807, 2.05) is 24.3 Å². The number of nitrogens with one attached hydrogen (secondary N) is 1. The lowest BCUT2D eigenvalue weighted by molar-refractivity contribution is 1.02. The summed E-state index contributed by atoms with van der Waals surface area (Å²) in [5.41, 5.74) is 2.02. The van der Waals surface area contributed by atoms with Crippen molar-refractivity contribution in [3.8, 4) is 17.2 Å². The second kappa shape index (κ2) is 6.12. The molecule has 1 aromatic heterocycles. The first-order valence-corrected chi connectivity index (χ1v) is 6.28. The summed E-state index contributed by atoms with van der Waals surface area (Å²) in [6, 6.07) is 10.0. The van der Waals surface area contributed by atoms with Crippen molar-refractivity contribution in [3.63, 3.8) is 0 Å². The highest BCUT2D eigenvalue weighted by Gasteiger charge is 2.00. The normalized spacial score (nSPS) is 9.78. The number of benzene rings is 1. The van der Waals surface area contributed by atoms with Crippen LogP contribution in [-0.2, 0) is 0 Å². The van der Waals surface area contributed by atoms with E-state index in [1.54, 1.807) is 12.4 Å². The third-order valence-corrected chi connectivity index (χ3v) is 2.82. The van der Waals surface area contributed by atoms with Gasteiger partial charge in [-0.25, -0.2) is 9.97 Å². The van der Waals surface area contributed by atoms with E-state index in [1.165, 1.54) is 0 Å². The molecule has 0 bridgehead atoms. The van der Waals surface area contributed by atoms with Gasteiger partial charge in [-0.05, 0) is 17.7 Å². The first-order valence-electron chi connectivity index (χ1n) is 5.48. The molecule has 0 saturated carbocycles. The molecule has 0 fully saturated rings. The van der Waals surface area contributed by atoms with Gasteiger partial charge in [0, 0.05) is 29.0 Å². The average Bonchev–Trinajstić information content (AvgIpc) is 2.40. The largest absolute Gasteiger partial charge is 0.353 e. The first kappa shape index (κ1) is 12.5. The van der Waals surface area contributed by atoms with Gasteiger partial charge in [-0.15, -0.1) is 0 Å². The van der Waals surface area contributed by atoms with Crippen molar-refractivity contribution in [2.45, 2.75) is 6.42 Å². The van der Waals surface area contributed by atoms with Crippen LogP contribution >= 0.6 is 15.9 Å². The van der Waals surface area contributed by atoms with Crippen LogP contribution in [0, 0.1) is 11.3 Å². The van der Waals surface area contributed by atoms with Crippen LogP contribution in [0.25, 0.3) is 11.1 Å². The number of anilines is 1. The van der Waals surface area contributed by atoms with Gasteiger partial charge < -0.3 is 5.32 Å². The fourth-order valence-electron chi connectivity index (χ4n) is 1.47. The molecular formula is C13H11BrN4. The Morgan fingerprint density at radius 3 is 2.67 bits per heavy atom. The highest BCUT2D eigenvalue weighted by molar-refractivity contribution is 9.10. The van der Waals surface area contributed by atoms with Crippen molar-refractivity contribution in [1.29, 1.82) is 5.26 Å². The van der Waals surface area contributed by atoms with Crippen LogP contribution in [-0.4, -0.2) is 16.5 Å². The van der Waals surface area contributed by atoms with Crippen molar-refractivity contribution >= 4 is 21.9 Å². The molecule has 4 nitrogen and oxygen atoms in total. The van der Waals surface area contributed by atoms with Crippen molar-refractivity contribution in [2.75, 3.05) is 11.9 Å². The summed E-state index contributed by atoms with van der Waals surface area (Å²) in [7, 11) is 0. The third-order valence-electron chi connectivity index (χ3n) is 2.33. The van der Waals surface area contributed by atoms with Crippen molar-refractivity contribution in [2.24, 2.45) is 0 Å². The lowest BCUT2D eigenvalue weighted by Crippen LogP contribution is -2.04. The zero-order valence-electron chi connectivity index (χ0n) is 9.60. The van der Waals surface area contributed by atoms with E-state index in [0.29, 0.717) is 18.9 Å². The van der Waals surface area contributed by atoms with Gasteiger partial charge in [-0.1, -0.05) is 28.1 Å². The second-order valence-corrected chi connectivity index (χ2v) is 4.56. The Kier molecular flexibility index (Phi) is 4.26. The van der Waals surface area contributed by atoms with Crippen LogP contribution in [0.4, 0.5) is 5.95 Å². The van der Waals surface area contributed by atoms with Crippen LogP contribution in [0.2, 0.25) is 0 Å². The summed E-state index contributed by atoms with van der Waals surface area (Å²) < 4.78 is 1.02. The highest BCUT2D eigenvalue weighted by Crippen LogP contribution is 2.21. The number of hydrogen-bond acceptors (Lipinski definition) is 4. The predicted octanol–water partition coefficient (Wildman–Crippen LogP) is 3.23. The Bertz CT molecular complexity index is 560. The van der Waals surface area contributed by atoms with Gasteiger partial charge in [0.2, 0.25) is 5.95 Å². The number of rotatable bonds is 4. The summed E-state index contributed by atoms with van der Waals surface area (Å²) in [6.45, 7) is 0.562. The molecule has 0 unspecified atom stereocenters. The predicted molar refractivity (Wildman–Crippen MR) is 73.9 cm³/mol. The quantitative estimate of drug-likeness (QED) is 0.881. The van der Waals surface area contributed by atoms with Gasteiger partial charge in [-0.3, -0.25) is 0 Å². The minimum absolute atomic E-state index is 0.441. The van der Waals surface area contributed by atoms with Crippen molar-refractivity contribution < 1.29 is 0 Å². The van der Waals surface area contributed by atoms with Gasteiger partial charge >= 0.3 is 0 Å². The van der Waals surface area contributed by atoms with Crippen LogP contribution in [0.3, 0.4) is 0 Å². The maximum Gasteiger partial charge on any atom is 0.222 e. The number of aromatic nitrogens is 2. The molecule has 90 valence electrons. The van der Waals surface area contributed by atoms with Crippen LogP contribution < -0.4 is 5.32 Å². The summed E-state index contributed by atoms with van der Waals surface area (Å²) in [6.07, 6.45) is 3.98. The topological polar surface area (TPSA) is 61.6 Å². The van der Waals surface area contributed by atoms with E-state index < -0.39 is 0 Å². The molecule has 0 aliphatic carbocycles. The average molecular weight is 303 g/mol. The first-order chi connectivity index (χ1) is 8.79. The summed E-state index contributed by atoms with van der Waals surface area (Å²) >= 11 is 3.43. The molecule has 1 N–H and O–H groups in total. The zero-order chi connectivity index (χ0) is 12.8. The smallest absolute Gasteiger partial charge is 0.222 e. The van der Waals surface area contributed by atoms with Gasteiger partial charge in [0.05, 0.1) is 12.5 Å².